The van der Waals surface area contributed by atoms with Crippen LogP contribution < -0.4 is 5.32 Å². The molecule has 2 aromatic carbocycles. The fraction of sp³-hybridized carbons (Fsp3) is 0.300. The van der Waals surface area contributed by atoms with Gasteiger partial charge in [0.15, 0.2) is 0 Å². The van der Waals surface area contributed by atoms with E-state index in [1.807, 2.05) is 35.2 Å². The van der Waals surface area contributed by atoms with Crippen LogP contribution in [0, 0.1) is 5.92 Å². The third-order valence-electron chi connectivity index (χ3n) is 5.23. The summed E-state index contributed by atoms with van der Waals surface area (Å²) in [6, 6.07) is 16.7. The molecule has 2 fully saturated rings. The van der Waals surface area contributed by atoms with Gasteiger partial charge in [-0.15, -0.1) is 0 Å². The third kappa shape index (κ3) is 3.14. The Morgan fingerprint density at radius 3 is 2.44 bits per heavy atom. The SMILES string of the molecule is O=C(N[C@H]1C[C@@H]2C[C@H]1CN2C(=O)c1cccc(Cl)c1)c1ccccc1. The summed E-state index contributed by atoms with van der Waals surface area (Å²) < 4.78 is 0. The number of piperidine rings is 1. The van der Waals surface area contributed by atoms with E-state index < -0.39 is 0 Å². The van der Waals surface area contributed by atoms with Gasteiger partial charge < -0.3 is 10.2 Å². The Labute approximate surface area is 151 Å². The molecule has 3 atom stereocenters. The first-order valence-electron chi connectivity index (χ1n) is 8.54. The summed E-state index contributed by atoms with van der Waals surface area (Å²) in [5.74, 6) is 0.314. The summed E-state index contributed by atoms with van der Waals surface area (Å²) >= 11 is 6.00. The molecule has 25 heavy (non-hydrogen) atoms. The van der Waals surface area contributed by atoms with Gasteiger partial charge in [0.25, 0.3) is 11.8 Å². The average molecular weight is 355 g/mol. The fourth-order valence-corrected chi connectivity index (χ4v) is 4.20. The van der Waals surface area contributed by atoms with Crippen molar-refractivity contribution in [2.75, 3.05) is 6.54 Å². The predicted octanol–water partition coefficient (Wildman–Crippen LogP) is 3.37. The molecule has 1 saturated carbocycles. The highest BCUT2D eigenvalue weighted by Crippen LogP contribution is 2.38. The lowest BCUT2D eigenvalue weighted by Gasteiger charge is -2.32. The zero-order valence-corrected chi connectivity index (χ0v) is 14.4. The maximum atomic E-state index is 12.7. The number of hydrogen-bond donors (Lipinski definition) is 1. The van der Waals surface area contributed by atoms with Crippen LogP contribution in [0.25, 0.3) is 0 Å². The zero-order valence-electron chi connectivity index (χ0n) is 13.7. The lowest BCUT2D eigenvalue weighted by Crippen LogP contribution is -2.47. The highest BCUT2D eigenvalue weighted by molar-refractivity contribution is 6.30. The average Bonchev–Trinajstić information content (AvgIpc) is 3.22. The van der Waals surface area contributed by atoms with Gasteiger partial charge in [0.2, 0.25) is 0 Å². The standard InChI is InChI=1S/C20H19ClN2O2/c21-16-8-4-7-14(9-16)20(25)23-12-15-10-17(23)11-18(15)22-19(24)13-5-2-1-3-6-13/h1-9,15,17-18H,10-12H2,(H,22,24)/t15-,17-,18-/m0/s1. The highest BCUT2D eigenvalue weighted by atomic mass is 35.5. The number of likely N-dealkylation sites (tertiary alicyclic amines) is 1. The van der Waals surface area contributed by atoms with Crippen molar-refractivity contribution in [3.05, 3.63) is 70.7 Å². The molecular weight excluding hydrogens is 336 g/mol. The van der Waals surface area contributed by atoms with Crippen molar-refractivity contribution in [2.24, 2.45) is 5.92 Å². The number of fused-ring (bicyclic) bond motifs is 2. The van der Waals surface area contributed by atoms with Gasteiger partial charge in [-0.05, 0) is 49.1 Å². The summed E-state index contributed by atoms with van der Waals surface area (Å²) in [6.45, 7) is 0.690. The summed E-state index contributed by atoms with van der Waals surface area (Å²) in [6.07, 6.45) is 1.77. The predicted molar refractivity (Wildman–Crippen MR) is 96.7 cm³/mol. The second-order valence-corrected chi connectivity index (χ2v) is 7.24. The van der Waals surface area contributed by atoms with E-state index in [0.29, 0.717) is 28.6 Å². The number of amides is 2. The van der Waals surface area contributed by atoms with Crippen LogP contribution in [0.2, 0.25) is 5.02 Å². The van der Waals surface area contributed by atoms with Crippen LogP contribution in [0.5, 0.6) is 0 Å². The molecule has 1 aliphatic carbocycles. The smallest absolute Gasteiger partial charge is 0.254 e. The first-order chi connectivity index (χ1) is 12.1. The maximum absolute atomic E-state index is 12.7. The van der Waals surface area contributed by atoms with Crippen molar-refractivity contribution in [3.8, 4) is 0 Å². The molecule has 128 valence electrons. The summed E-state index contributed by atoms with van der Waals surface area (Å²) in [5, 5.41) is 3.71. The first kappa shape index (κ1) is 16.2. The van der Waals surface area contributed by atoms with Crippen LogP contribution in [-0.2, 0) is 0 Å². The van der Waals surface area contributed by atoms with Crippen LogP contribution in [0.3, 0.4) is 0 Å². The van der Waals surface area contributed by atoms with Crippen LogP contribution in [0.1, 0.15) is 33.6 Å². The molecule has 2 aliphatic rings. The number of benzene rings is 2. The minimum atomic E-state index is -0.0362. The Balaban J connectivity index is 1.40. The molecule has 1 saturated heterocycles. The number of carbonyl (C=O) groups excluding carboxylic acids is 2. The minimum absolute atomic E-state index is 0.0304. The largest absolute Gasteiger partial charge is 0.349 e. The van der Waals surface area contributed by atoms with Crippen molar-refractivity contribution in [3.63, 3.8) is 0 Å². The van der Waals surface area contributed by atoms with Crippen molar-refractivity contribution in [2.45, 2.75) is 24.9 Å². The number of hydrogen-bond acceptors (Lipinski definition) is 2. The minimum Gasteiger partial charge on any atom is -0.349 e. The Bertz CT molecular complexity index is 808. The molecule has 4 rings (SSSR count). The second-order valence-electron chi connectivity index (χ2n) is 6.80. The monoisotopic (exact) mass is 354 g/mol. The van der Waals surface area contributed by atoms with Gasteiger partial charge in [-0.25, -0.2) is 0 Å². The van der Waals surface area contributed by atoms with Gasteiger partial charge >= 0.3 is 0 Å². The topological polar surface area (TPSA) is 49.4 Å². The number of carbonyl (C=O) groups is 2. The summed E-state index contributed by atoms with van der Waals surface area (Å²) in [7, 11) is 0. The van der Waals surface area contributed by atoms with Gasteiger partial charge in [-0.3, -0.25) is 9.59 Å². The Kier molecular flexibility index (Phi) is 4.22. The van der Waals surface area contributed by atoms with E-state index in [9.17, 15) is 9.59 Å². The fourth-order valence-electron chi connectivity index (χ4n) is 4.01. The molecule has 0 radical (unpaired) electrons. The Morgan fingerprint density at radius 1 is 1.00 bits per heavy atom. The molecule has 5 heteroatoms. The van der Waals surface area contributed by atoms with Gasteiger partial charge in [-0.2, -0.15) is 0 Å². The lowest BCUT2D eigenvalue weighted by molar-refractivity contribution is 0.0679. The summed E-state index contributed by atoms with van der Waals surface area (Å²) in [5.41, 5.74) is 1.31. The quantitative estimate of drug-likeness (QED) is 0.918. The van der Waals surface area contributed by atoms with Crippen molar-refractivity contribution in [1.82, 2.24) is 10.2 Å². The molecule has 2 aromatic rings. The zero-order chi connectivity index (χ0) is 17.4. The van der Waals surface area contributed by atoms with Gasteiger partial charge in [0, 0.05) is 34.8 Å². The first-order valence-corrected chi connectivity index (χ1v) is 8.92. The van der Waals surface area contributed by atoms with Crippen LogP contribution in [0.15, 0.2) is 54.6 Å². The van der Waals surface area contributed by atoms with Crippen molar-refractivity contribution in [1.29, 1.82) is 0 Å². The van der Waals surface area contributed by atoms with Crippen LogP contribution in [0.4, 0.5) is 0 Å². The van der Waals surface area contributed by atoms with Gasteiger partial charge in [0.1, 0.15) is 0 Å². The van der Waals surface area contributed by atoms with Crippen LogP contribution >= 0.6 is 11.6 Å². The van der Waals surface area contributed by atoms with Gasteiger partial charge in [0.05, 0.1) is 0 Å². The number of rotatable bonds is 3. The molecule has 0 aromatic heterocycles. The van der Waals surface area contributed by atoms with E-state index in [2.05, 4.69) is 5.32 Å². The molecule has 0 spiro atoms. The lowest BCUT2D eigenvalue weighted by atomic mass is 10.0. The van der Waals surface area contributed by atoms with Crippen LogP contribution in [-0.4, -0.2) is 35.3 Å². The van der Waals surface area contributed by atoms with E-state index in [4.69, 9.17) is 11.6 Å². The van der Waals surface area contributed by atoms with E-state index in [0.717, 1.165) is 12.8 Å². The number of halogens is 1. The molecule has 1 heterocycles. The number of nitrogens with zero attached hydrogens (tertiary/aromatic N) is 1. The normalized spacial score (nSPS) is 24.4. The molecule has 1 N–H and O–H groups in total. The van der Waals surface area contributed by atoms with Crippen molar-refractivity contribution >= 4 is 23.4 Å². The molecule has 1 aliphatic heterocycles. The van der Waals surface area contributed by atoms with Crippen molar-refractivity contribution < 1.29 is 9.59 Å². The van der Waals surface area contributed by atoms with Gasteiger partial charge in [-0.1, -0.05) is 35.9 Å². The maximum Gasteiger partial charge on any atom is 0.254 e. The van der Waals surface area contributed by atoms with E-state index in [1.54, 1.807) is 24.3 Å². The third-order valence-corrected chi connectivity index (χ3v) is 5.46. The molecular formula is C20H19ClN2O2. The molecule has 0 unspecified atom stereocenters. The Morgan fingerprint density at radius 2 is 1.76 bits per heavy atom. The summed E-state index contributed by atoms with van der Waals surface area (Å²) in [4.78, 5) is 27.0. The Hall–Kier alpha value is -2.33. The highest BCUT2D eigenvalue weighted by Gasteiger charge is 2.47. The number of nitrogens with one attached hydrogen (secondary N) is 1. The molecule has 2 amide bonds. The van der Waals surface area contributed by atoms with E-state index in [-0.39, 0.29) is 23.9 Å². The molecule has 2 bridgehead atoms. The second kappa shape index (κ2) is 6.52. The van der Waals surface area contributed by atoms with E-state index >= 15 is 0 Å². The van der Waals surface area contributed by atoms with E-state index in [1.165, 1.54) is 0 Å². The molecule has 4 nitrogen and oxygen atoms in total.